The van der Waals surface area contributed by atoms with E-state index in [1.54, 1.807) is 0 Å². The van der Waals surface area contributed by atoms with Crippen molar-refractivity contribution in [2.24, 2.45) is 0 Å². The highest BCUT2D eigenvalue weighted by Gasteiger charge is 2.27. The normalized spacial score (nSPS) is 17.9. The summed E-state index contributed by atoms with van der Waals surface area (Å²) in [5.74, 6) is 3.04. The van der Waals surface area contributed by atoms with Gasteiger partial charge in [-0.2, -0.15) is 0 Å². The number of aryl methyl sites for hydroxylation is 1. The molecule has 1 aromatic heterocycles. The molecular weight excluding hydrogens is 236 g/mol. The van der Waals surface area contributed by atoms with Gasteiger partial charge >= 0.3 is 0 Å². The Hall–Kier alpha value is -1.77. The van der Waals surface area contributed by atoms with Crippen molar-refractivity contribution in [1.82, 2.24) is 9.55 Å². The van der Waals surface area contributed by atoms with E-state index in [1.807, 2.05) is 6.20 Å². The zero-order valence-corrected chi connectivity index (χ0v) is 11.0. The predicted molar refractivity (Wildman–Crippen MR) is 73.6 cm³/mol. The van der Waals surface area contributed by atoms with E-state index in [4.69, 9.17) is 4.74 Å². The van der Waals surface area contributed by atoms with Crippen LogP contribution in [0.3, 0.4) is 0 Å². The Kier molecular flexibility index (Phi) is 2.57. The van der Waals surface area contributed by atoms with E-state index in [-0.39, 0.29) is 0 Å². The molecule has 1 aromatic carbocycles. The van der Waals surface area contributed by atoms with Crippen LogP contribution in [0.25, 0.3) is 0 Å². The van der Waals surface area contributed by atoms with Crippen LogP contribution in [-0.4, -0.2) is 16.2 Å². The molecule has 0 radical (unpaired) electrons. The van der Waals surface area contributed by atoms with Gasteiger partial charge in [-0.1, -0.05) is 12.1 Å². The maximum Gasteiger partial charge on any atom is 0.122 e. The highest BCUT2D eigenvalue weighted by atomic mass is 16.5. The molecule has 4 rings (SSSR count). The summed E-state index contributed by atoms with van der Waals surface area (Å²) in [5, 5.41) is 0. The molecule has 0 N–H and O–H groups in total. The van der Waals surface area contributed by atoms with Crippen LogP contribution in [-0.2, 0) is 13.0 Å². The number of ether oxygens (including phenoxy) is 1. The van der Waals surface area contributed by atoms with Crippen molar-refractivity contribution in [1.29, 1.82) is 0 Å². The molecule has 2 aliphatic rings. The number of fused-ring (bicyclic) bond motifs is 1. The van der Waals surface area contributed by atoms with Gasteiger partial charge in [0.2, 0.25) is 0 Å². The molecule has 2 aromatic rings. The summed E-state index contributed by atoms with van der Waals surface area (Å²) >= 11 is 0. The number of imidazole rings is 1. The summed E-state index contributed by atoms with van der Waals surface area (Å²) in [4.78, 5) is 4.50. The van der Waals surface area contributed by atoms with Crippen molar-refractivity contribution in [3.8, 4) is 5.75 Å². The molecule has 1 saturated carbocycles. The number of aromatic nitrogens is 2. The molecule has 0 bridgehead atoms. The first-order chi connectivity index (χ1) is 9.40. The van der Waals surface area contributed by atoms with Gasteiger partial charge in [-0.25, -0.2) is 4.98 Å². The molecule has 1 fully saturated rings. The third-order valence-corrected chi connectivity index (χ3v) is 4.02. The second-order valence-corrected chi connectivity index (χ2v) is 5.58. The van der Waals surface area contributed by atoms with Crippen LogP contribution in [0.15, 0.2) is 30.6 Å². The van der Waals surface area contributed by atoms with E-state index in [2.05, 4.69) is 33.9 Å². The van der Waals surface area contributed by atoms with Crippen molar-refractivity contribution in [3.63, 3.8) is 0 Å². The van der Waals surface area contributed by atoms with Crippen molar-refractivity contribution in [2.75, 3.05) is 6.61 Å². The van der Waals surface area contributed by atoms with Gasteiger partial charge in [0.25, 0.3) is 0 Å². The monoisotopic (exact) mass is 254 g/mol. The molecule has 0 unspecified atom stereocenters. The Balaban J connectivity index is 1.60. The Bertz CT molecular complexity index is 599. The standard InChI is InChI=1S/C16H18N2O/c1-2-14-10-12(3-6-15(14)19-9-1)11-18-8-7-17-16(18)13-4-5-13/h3,6-8,10,13H,1-2,4-5,9,11H2. The number of hydrogen-bond donors (Lipinski definition) is 0. The highest BCUT2D eigenvalue weighted by Crippen LogP contribution is 2.39. The maximum absolute atomic E-state index is 5.67. The molecule has 0 spiro atoms. The molecule has 0 saturated heterocycles. The van der Waals surface area contributed by atoms with Gasteiger partial charge in [0, 0.05) is 24.9 Å². The van der Waals surface area contributed by atoms with Crippen LogP contribution < -0.4 is 4.74 Å². The fourth-order valence-electron chi connectivity index (χ4n) is 2.86. The van der Waals surface area contributed by atoms with E-state index in [1.165, 1.54) is 29.8 Å². The molecule has 3 nitrogen and oxygen atoms in total. The zero-order chi connectivity index (χ0) is 12.7. The van der Waals surface area contributed by atoms with Crippen LogP contribution in [0.1, 0.15) is 42.1 Å². The van der Waals surface area contributed by atoms with Crippen LogP contribution in [0.5, 0.6) is 5.75 Å². The zero-order valence-electron chi connectivity index (χ0n) is 11.0. The first kappa shape index (κ1) is 11.1. The van der Waals surface area contributed by atoms with Crippen molar-refractivity contribution in [2.45, 2.75) is 38.1 Å². The summed E-state index contributed by atoms with van der Waals surface area (Å²) < 4.78 is 7.96. The summed E-state index contributed by atoms with van der Waals surface area (Å²) in [7, 11) is 0. The van der Waals surface area contributed by atoms with E-state index in [0.29, 0.717) is 5.92 Å². The Morgan fingerprint density at radius 3 is 3.16 bits per heavy atom. The number of hydrogen-bond acceptors (Lipinski definition) is 2. The van der Waals surface area contributed by atoms with E-state index >= 15 is 0 Å². The van der Waals surface area contributed by atoms with Gasteiger partial charge in [0.1, 0.15) is 11.6 Å². The van der Waals surface area contributed by atoms with Gasteiger partial charge in [0.15, 0.2) is 0 Å². The maximum atomic E-state index is 5.67. The fourth-order valence-corrected chi connectivity index (χ4v) is 2.86. The topological polar surface area (TPSA) is 27.1 Å². The molecule has 1 aliphatic heterocycles. The molecule has 1 aliphatic carbocycles. The lowest BCUT2D eigenvalue weighted by atomic mass is 10.0. The quantitative estimate of drug-likeness (QED) is 0.841. The van der Waals surface area contributed by atoms with Gasteiger partial charge in [-0.3, -0.25) is 0 Å². The molecule has 98 valence electrons. The SMILES string of the molecule is c1cn(Cc2ccc3c(c2)CCCO3)c(C2CC2)n1. The Labute approximate surface area is 113 Å². The van der Waals surface area contributed by atoms with Crippen LogP contribution in [0, 0.1) is 0 Å². The predicted octanol–water partition coefficient (Wildman–Crippen LogP) is 3.13. The van der Waals surface area contributed by atoms with Gasteiger partial charge in [-0.15, -0.1) is 0 Å². The minimum absolute atomic E-state index is 0.705. The Morgan fingerprint density at radius 1 is 1.32 bits per heavy atom. The van der Waals surface area contributed by atoms with E-state index in [9.17, 15) is 0 Å². The van der Waals surface area contributed by atoms with Crippen LogP contribution in [0.4, 0.5) is 0 Å². The first-order valence-corrected chi connectivity index (χ1v) is 7.16. The van der Waals surface area contributed by atoms with Crippen LogP contribution >= 0.6 is 0 Å². The van der Waals surface area contributed by atoms with E-state index in [0.717, 1.165) is 31.7 Å². The molecule has 2 heterocycles. The average Bonchev–Trinajstić information content (AvgIpc) is 3.19. The highest BCUT2D eigenvalue weighted by molar-refractivity contribution is 5.38. The first-order valence-electron chi connectivity index (χ1n) is 7.16. The van der Waals surface area contributed by atoms with Crippen molar-refractivity contribution >= 4 is 0 Å². The molecule has 0 atom stereocenters. The molecular formula is C16H18N2O. The van der Waals surface area contributed by atoms with Gasteiger partial charge < -0.3 is 9.30 Å². The Morgan fingerprint density at radius 2 is 2.26 bits per heavy atom. The molecule has 19 heavy (non-hydrogen) atoms. The lowest BCUT2D eigenvalue weighted by Crippen LogP contribution is -2.09. The fraction of sp³-hybridized carbons (Fsp3) is 0.438. The minimum Gasteiger partial charge on any atom is -0.493 e. The van der Waals surface area contributed by atoms with Crippen molar-refractivity contribution in [3.05, 3.63) is 47.5 Å². The summed E-state index contributed by atoms with van der Waals surface area (Å²) in [6.45, 7) is 1.79. The number of benzene rings is 1. The third kappa shape index (κ3) is 2.14. The minimum atomic E-state index is 0.705. The largest absolute Gasteiger partial charge is 0.493 e. The second kappa shape index (κ2) is 4.41. The number of nitrogens with zero attached hydrogens (tertiary/aromatic N) is 2. The summed E-state index contributed by atoms with van der Waals surface area (Å²) in [5.41, 5.74) is 2.71. The van der Waals surface area contributed by atoms with Crippen molar-refractivity contribution < 1.29 is 4.74 Å². The van der Waals surface area contributed by atoms with Gasteiger partial charge in [0.05, 0.1) is 6.61 Å². The lowest BCUT2D eigenvalue weighted by molar-refractivity contribution is 0.288. The smallest absolute Gasteiger partial charge is 0.122 e. The molecule has 0 amide bonds. The van der Waals surface area contributed by atoms with Crippen LogP contribution in [0.2, 0.25) is 0 Å². The lowest BCUT2D eigenvalue weighted by Gasteiger charge is -2.18. The summed E-state index contributed by atoms with van der Waals surface area (Å²) in [6.07, 6.45) is 8.90. The van der Waals surface area contributed by atoms with Gasteiger partial charge in [-0.05, 0) is 42.9 Å². The third-order valence-electron chi connectivity index (χ3n) is 4.02. The van der Waals surface area contributed by atoms with E-state index < -0.39 is 0 Å². The number of rotatable bonds is 3. The average molecular weight is 254 g/mol. The summed E-state index contributed by atoms with van der Waals surface area (Å²) in [6, 6.07) is 6.60. The second-order valence-electron chi connectivity index (χ2n) is 5.58. The molecule has 3 heteroatoms.